The van der Waals surface area contributed by atoms with Crippen molar-refractivity contribution in [2.75, 3.05) is 5.32 Å². The molecule has 1 atom stereocenters. The Bertz CT molecular complexity index is 640. The van der Waals surface area contributed by atoms with E-state index in [9.17, 15) is 14.7 Å². The number of rotatable bonds is 6. The Balaban J connectivity index is 2.28. The average molecular weight is 297 g/mol. The summed E-state index contributed by atoms with van der Waals surface area (Å²) in [5.74, 6) is -1.59. The van der Waals surface area contributed by atoms with E-state index in [0.29, 0.717) is 5.69 Å². The van der Waals surface area contributed by atoms with Crippen LogP contribution >= 0.6 is 0 Å². The number of carboxylic acids is 1. The van der Waals surface area contributed by atoms with Crippen molar-refractivity contribution in [3.63, 3.8) is 0 Å². The highest BCUT2D eigenvalue weighted by Gasteiger charge is 2.44. The summed E-state index contributed by atoms with van der Waals surface area (Å²) in [5.41, 5.74) is -0.0495. The van der Waals surface area contributed by atoms with Crippen molar-refractivity contribution in [3.8, 4) is 0 Å². The average Bonchev–Trinajstić information content (AvgIpc) is 2.54. The first-order valence-corrected chi connectivity index (χ1v) is 7.22. The van der Waals surface area contributed by atoms with Gasteiger partial charge in [-0.3, -0.25) is 9.59 Å². The monoisotopic (exact) mass is 297 g/mol. The zero-order valence-corrected chi connectivity index (χ0v) is 12.5. The third kappa shape index (κ3) is 3.34. The Morgan fingerprint density at radius 1 is 1.00 bits per heavy atom. The van der Waals surface area contributed by atoms with E-state index in [2.05, 4.69) is 5.32 Å². The lowest BCUT2D eigenvalue weighted by atomic mass is 9.78. The molecule has 0 radical (unpaired) electrons. The first-order chi connectivity index (χ1) is 10.6. The zero-order chi connectivity index (χ0) is 16.0. The summed E-state index contributed by atoms with van der Waals surface area (Å²) < 4.78 is 0. The number of nitrogens with one attached hydrogen (secondary N) is 1. The fourth-order valence-corrected chi connectivity index (χ4v) is 2.41. The van der Waals surface area contributed by atoms with Crippen LogP contribution in [0.15, 0.2) is 60.7 Å². The molecule has 2 N–H and O–H groups in total. The second-order valence-corrected chi connectivity index (χ2v) is 5.22. The predicted molar refractivity (Wildman–Crippen MR) is 85.6 cm³/mol. The Morgan fingerprint density at radius 3 is 2.05 bits per heavy atom. The van der Waals surface area contributed by atoms with Crippen molar-refractivity contribution >= 4 is 17.6 Å². The maximum atomic E-state index is 12.6. The molecule has 0 aliphatic heterocycles. The fraction of sp³-hybridized carbons (Fsp3) is 0.222. The molecule has 2 aromatic carbocycles. The van der Waals surface area contributed by atoms with Crippen LogP contribution in [-0.4, -0.2) is 17.0 Å². The first-order valence-electron chi connectivity index (χ1n) is 7.22. The minimum atomic E-state index is -1.48. The number of carboxylic acid groups (broad SMARTS) is 1. The third-order valence-corrected chi connectivity index (χ3v) is 3.83. The molecular weight excluding hydrogens is 278 g/mol. The largest absolute Gasteiger partial charge is 0.480 e. The lowest BCUT2D eigenvalue weighted by Crippen LogP contribution is -2.44. The van der Waals surface area contributed by atoms with E-state index in [1.165, 1.54) is 0 Å². The first kappa shape index (κ1) is 15.8. The summed E-state index contributed by atoms with van der Waals surface area (Å²) in [5, 5.41) is 12.4. The van der Waals surface area contributed by atoms with Crippen LogP contribution in [0.2, 0.25) is 0 Å². The molecule has 0 aromatic heterocycles. The smallest absolute Gasteiger partial charge is 0.319 e. The molecule has 1 unspecified atom stereocenters. The highest BCUT2D eigenvalue weighted by molar-refractivity contribution is 6.08. The van der Waals surface area contributed by atoms with Gasteiger partial charge in [0.1, 0.15) is 0 Å². The van der Waals surface area contributed by atoms with E-state index in [0.717, 1.165) is 5.56 Å². The van der Waals surface area contributed by atoms with Gasteiger partial charge in [-0.1, -0.05) is 55.5 Å². The van der Waals surface area contributed by atoms with Gasteiger partial charge in [-0.15, -0.1) is 0 Å². The van der Waals surface area contributed by atoms with Gasteiger partial charge in [-0.25, -0.2) is 0 Å². The normalized spacial score (nSPS) is 13.1. The van der Waals surface area contributed by atoms with Gasteiger partial charge in [-0.05, 0) is 30.5 Å². The van der Waals surface area contributed by atoms with Crippen molar-refractivity contribution in [2.24, 2.45) is 5.41 Å². The van der Waals surface area contributed by atoms with Crippen LogP contribution in [0.3, 0.4) is 0 Å². The third-order valence-electron chi connectivity index (χ3n) is 3.83. The Labute approximate surface area is 129 Å². The van der Waals surface area contributed by atoms with Crippen molar-refractivity contribution in [2.45, 2.75) is 19.8 Å². The van der Waals surface area contributed by atoms with Crippen molar-refractivity contribution in [1.82, 2.24) is 0 Å². The summed E-state index contributed by atoms with van der Waals surface area (Å²) in [6, 6.07) is 18.1. The molecule has 0 aliphatic carbocycles. The lowest BCUT2D eigenvalue weighted by Gasteiger charge is -2.27. The minimum Gasteiger partial charge on any atom is -0.480 e. The number of hydrogen-bond acceptors (Lipinski definition) is 2. The van der Waals surface area contributed by atoms with Gasteiger partial charge >= 0.3 is 5.97 Å². The van der Waals surface area contributed by atoms with Crippen LogP contribution in [0.25, 0.3) is 0 Å². The maximum absolute atomic E-state index is 12.6. The topological polar surface area (TPSA) is 66.4 Å². The van der Waals surface area contributed by atoms with E-state index in [-0.39, 0.29) is 12.8 Å². The van der Waals surface area contributed by atoms with Gasteiger partial charge in [0.2, 0.25) is 5.91 Å². The molecule has 4 heteroatoms. The Morgan fingerprint density at radius 2 is 1.55 bits per heavy atom. The number of anilines is 1. The van der Waals surface area contributed by atoms with Gasteiger partial charge in [0.25, 0.3) is 0 Å². The quantitative estimate of drug-likeness (QED) is 0.804. The van der Waals surface area contributed by atoms with E-state index >= 15 is 0 Å². The molecule has 2 aromatic rings. The van der Waals surface area contributed by atoms with Crippen LogP contribution in [0, 0.1) is 5.41 Å². The molecular formula is C18H19NO3. The van der Waals surface area contributed by atoms with E-state index < -0.39 is 17.3 Å². The maximum Gasteiger partial charge on any atom is 0.319 e. The molecule has 0 bridgehead atoms. The number of aliphatic carboxylic acids is 1. The van der Waals surface area contributed by atoms with Crippen LogP contribution in [0.5, 0.6) is 0 Å². The number of benzene rings is 2. The molecule has 0 heterocycles. The molecule has 1 amide bonds. The van der Waals surface area contributed by atoms with Gasteiger partial charge in [0, 0.05) is 5.69 Å². The molecule has 0 saturated heterocycles. The highest BCUT2D eigenvalue weighted by atomic mass is 16.4. The van der Waals surface area contributed by atoms with Gasteiger partial charge < -0.3 is 10.4 Å². The Hall–Kier alpha value is -2.62. The number of hydrogen-bond donors (Lipinski definition) is 2. The van der Waals surface area contributed by atoms with Gasteiger partial charge in [-0.2, -0.15) is 0 Å². The zero-order valence-electron chi connectivity index (χ0n) is 12.5. The fourth-order valence-electron chi connectivity index (χ4n) is 2.41. The van der Waals surface area contributed by atoms with Crippen LogP contribution < -0.4 is 5.32 Å². The second kappa shape index (κ2) is 6.89. The number of carbonyl (C=O) groups is 2. The van der Waals surface area contributed by atoms with E-state index in [1.54, 1.807) is 31.2 Å². The molecule has 2 rings (SSSR count). The molecule has 114 valence electrons. The summed E-state index contributed by atoms with van der Waals surface area (Å²) in [4.78, 5) is 24.4. The van der Waals surface area contributed by atoms with Gasteiger partial charge in [0.15, 0.2) is 5.41 Å². The predicted octanol–water partition coefficient (Wildman–Crippen LogP) is 3.35. The number of para-hydroxylation sites is 1. The number of amides is 1. The number of carbonyl (C=O) groups excluding carboxylic acids is 1. The van der Waals surface area contributed by atoms with Crippen LogP contribution in [0.1, 0.15) is 18.9 Å². The molecule has 22 heavy (non-hydrogen) atoms. The molecule has 4 nitrogen and oxygen atoms in total. The molecule has 0 fully saturated rings. The SMILES string of the molecule is CCC(Cc1ccccc1)(C(=O)O)C(=O)Nc1ccccc1. The summed E-state index contributed by atoms with van der Waals surface area (Å²) >= 11 is 0. The van der Waals surface area contributed by atoms with Crippen LogP contribution in [-0.2, 0) is 16.0 Å². The summed E-state index contributed by atoms with van der Waals surface area (Å²) in [6.45, 7) is 1.72. The van der Waals surface area contributed by atoms with Crippen molar-refractivity contribution < 1.29 is 14.7 Å². The minimum absolute atomic E-state index is 0.165. The van der Waals surface area contributed by atoms with E-state index in [4.69, 9.17) is 0 Å². The Kier molecular flexibility index (Phi) is 4.94. The standard InChI is InChI=1S/C18H19NO3/c1-2-18(17(21)22,13-14-9-5-3-6-10-14)16(20)19-15-11-7-4-8-12-15/h3-12H,2,13H2,1H3,(H,19,20)(H,21,22). The lowest BCUT2D eigenvalue weighted by molar-refractivity contribution is -0.154. The van der Waals surface area contributed by atoms with Crippen molar-refractivity contribution in [3.05, 3.63) is 66.2 Å². The summed E-state index contributed by atoms with van der Waals surface area (Å²) in [6.07, 6.45) is 0.383. The molecule has 0 saturated carbocycles. The molecule has 0 aliphatic rings. The summed E-state index contributed by atoms with van der Waals surface area (Å²) in [7, 11) is 0. The highest BCUT2D eigenvalue weighted by Crippen LogP contribution is 2.29. The van der Waals surface area contributed by atoms with Crippen LogP contribution in [0.4, 0.5) is 5.69 Å². The van der Waals surface area contributed by atoms with Gasteiger partial charge in [0.05, 0.1) is 0 Å². The van der Waals surface area contributed by atoms with E-state index in [1.807, 2.05) is 36.4 Å². The van der Waals surface area contributed by atoms with Crippen molar-refractivity contribution in [1.29, 1.82) is 0 Å². The molecule has 0 spiro atoms. The second-order valence-electron chi connectivity index (χ2n) is 5.22.